The van der Waals surface area contributed by atoms with Crippen LogP contribution in [0.3, 0.4) is 0 Å². The van der Waals surface area contributed by atoms with E-state index in [2.05, 4.69) is 10.1 Å². The third-order valence-electron chi connectivity index (χ3n) is 2.35. The van der Waals surface area contributed by atoms with Crippen LogP contribution in [0.25, 0.3) is 0 Å². The van der Waals surface area contributed by atoms with Gasteiger partial charge in [0.1, 0.15) is 11.3 Å². The summed E-state index contributed by atoms with van der Waals surface area (Å²) in [5.41, 5.74) is 5.85. The van der Waals surface area contributed by atoms with Crippen molar-refractivity contribution in [2.24, 2.45) is 5.73 Å². The molecule has 1 heterocycles. The number of rotatable bonds is 4. The van der Waals surface area contributed by atoms with Crippen molar-refractivity contribution >= 4 is 17.2 Å². The summed E-state index contributed by atoms with van der Waals surface area (Å²) in [4.78, 5) is 4.03. The smallest absolute Gasteiger partial charge is 0.208 e. The quantitative estimate of drug-likeness (QED) is 0.840. The molecule has 0 aliphatic carbocycles. The van der Waals surface area contributed by atoms with Crippen LogP contribution in [0.15, 0.2) is 24.5 Å². The summed E-state index contributed by atoms with van der Waals surface area (Å²) in [5, 5.41) is 4.03. The highest BCUT2D eigenvalue weighted by atomic mass is 32.1. The van der Waals surface area contributed by atoms with Crippen LogP contribution in [0.5, 0.6) is 5.75 Å². The Balaban J connectivity index is 2.25. The molecule has 1 aromatic heterocycles. The molecule has 0 aliphatic heterocycles. The maximum absolute atomic E-state index is 13.9. The Morgan fingerprint density at radius 2 is 2.33 bits per heavy atom. The number of aromatic nitrogens is 3. The summed E-state index contributed by atoms with van der Waals surface area (Å²) in [6.07, 6.45) is 1.45. The zero-order chi connectivity index (χ0) is 13.1. The highest BCUT2D eigenvalue weighted by Gasteiger charge is 2.10. The van der Waals surface area contributed by atoms with Crippen LogP contribution in [0.1, 0.15) is 11.4 Å². The van der Waals surface area contributed by atoms with Crippen molar-refractivity contribution in [1.82, 2.24) is 14.8 Å². The zero-order valence-corrected chi connectivity index (χ0v) is 10.4. The number of nitrogens with two attached hydrogens (primary N) is 1. The number of thiocarbonyl (C=S) groups is 1. The minimum Gasteiger partial charge on any atom is -0.494 e. The molecule has 0 spiro atoms. The molecule has 0 unspecified atom stereocenters. The molecule has 94 valence electrons. The van der Waals surface area contributed by atoms with Gasteiger partial charge in [0, 0.05) is 5.56 Å². The van der Waals surface area contributed by atoms with E-state index in [1.807, 2.05) is 0 Å². The second kappa shape index (κ2) is 5.09. The minimum atomic E-state index is -0.410. The number of methoxy groups -OCH3 is 1. The molecule has 0 saturated heterocycles. The summed E-state index contributed by atoms with van der Waals surface area (Å²) in [5.74, 6) is 0.0582. The maximum atomic E-state index is 13.9. The SMILES string of the molecule is COc1cccc(Cn2cnc(C(N)=S)n2)c1F. The van der Waals surface area contributed by atoms with E-state index in [0.29, 0.717) is 5.56 Å². The van der Waals surface area contributed by atoms with Gasteiger partial charge < -0.3 is 10.5 Å². The van der Waals surface area contributed by atoms with Crippen molar-refractivity contribution in [2.45, 2.75) is 6.54 Å². The summed E-state index contributed by atoms with van der Waals surface area (Å²) in [7, 11) is 1.42. The zero-order valence-electron chi connectivity index (χ0n) is 9.63. The Bertz CT molecular complexity index is 584. The molecule has 0 saturated carbocycles. The van der Waals surface area contributed by atoms with Gasteiger partial charge in [-0.15, -0.1) is 5.10 Å². The van der Waals surface area contributed by atoms with Gasteiger partial charge in [0.2, 0.25) is 5.82 Å². The maximum Gasteiger partial charge on any atom is 0.208 e. The topological polar surface area (TPSA) is 66.0 Å². The molecule has 5 nitrogen and oxygen atoms in total. The first-order valence-electron chi connectivity index (χ1n) is 5.12. The van der Waals surface area contributed by atoms with Gasteiger partial charge in [-0.1, -0.05) is 24.4 Å². The lowest BCUT2D eigenvalue weighted by Gasteiger charge is -2.06. The van der Waals surface area contributed by atoms with Crippen LogP contribution < -0.4 is 10.5 Å². The first-order valence-corrected chi connectivity index (χ1v) is 5.53. The molecule has 0 fully saturated rings. The third-order valence-corrected chi connectivity index (χ3v) is 2.53. The van der Waals surface area contributed by atoms with E-state index in [1.54, 1.807) is 18.2 Å². The molecule has 0 bridgehead atoms. The Morgan fingerprint density at radius 1 is 1.56 bits per heavy atom. The van der Waals surface area contributed by atoms with Crippen LogP contribution in [0.2, 0.25) is 0 Å². The second-order valence-electron chi connectivity index (χ2n) is 3.56. The third kappa shape index (κ3) is 2.45. The predicted octanol–water partition coefficient (Wildman–Crippen LogP) is 1.11. The molecule has 0 radical (unpaired) electrons. The van der Waals surface area contributed by atoms with E-state index in [-0.39, 0.29) is 23.1 Å². The van der Waals surface area contributed by atoms with Crippen LogP contribution in [0, 0.1) is 5.82 Å². The number of hydrogen-bond acceptors (Lipinski definition) is 4. The summed E-state index contributed by atoms with van der Waals surface area (Å²) in [6.45, 7) is 0.235. The fourth-order valence-corrected chi connectivity index (χ4v) is 1.59. The number of halogens is 1. The van der Waals surface area contributed by atoms with E-state index in [1.165, 1.54) is 18.1 Å². The van der Waals surface area contributed by atoms with Gasteiger partial charge in [0.05, 0.1) is 13.7 Å². The normalized spacial score (nSPS) is 10.3. The molecule has 0 aliphatic rings. The van der Waals surface area contributed by atoms with Gasteiger partial charge in [-0.25, -0.2) is 14.1 Å². The Hall–Kier alpha value is -2.02. The monoisotopic (exact) mass is 266 g/mol. The number of ether oxygens (including phenoxy) is 1. The van der Waals surface area contributed by atoms with Crippen molar-refractivity contribution in [2.75, 3.05) is 7.11 Å². The number of hydrogen-bond donors (Lipinski definition) is 1. The fraction of sp³-hybridized carbons (Fsp3) is 0.182. The highest BCUT2D eigenvalue weighted by Crippen LogP contribution is 2.20. The van der Waals surface area contributed by atoms with Gasteiger partial charge in [-0.3, -0.25) is 0 Å². The molecule has 1 aromatic carbocycles. The molecule has 0 atom stereocenters. The molecular formula is C11H11FN4OS. The standard InChI is InChI=1S/C11H11FN4OS/c1-17-8-4-2-3-7(9(8)12)5-16-6-14-11(15-16)10(13)18/h2-4,6H,5H2,1H3,(H2,13,18). The average molecular weight is 266 g/mol. The average Bonchev–Trinajstić information content (AvgIpc) is 2.80. The van der Waals surface area contributed by atoms with Crippen molar-refractivity contribution in [3.63, 3.8) is 0 Å². The molecule has 18 heavy (non-hydrogen) atoms. The molecular weight excluding hydrogens is 255 g/mol. The van der Waals surface area contributed by atoms with Gasteiger partial charge in [0.25, 0.3) is 0 Å². The second-order valence-corrected chi connectivity index (χ2v) is 4.00. The van der Waals surface area contributed by atoms with E-state index in [9.17, 15) is 4.39 Å². The van der Waals surface area contributed by atoms with E-state index < -0.39 is 5.82 Å². The summed E-state index contributed by atoms with van der Waals surface area (Å²) in [6, 6.07) is 4.92. The molecule has 2 rings (SSSR count). The van der Waals surface area contributed by atoms with Crippen molar-refractivity contribution < 1.29 is 9.13 Å². The highest BCUT2D eigenvalue weighted by molar-refractivity contribution is 7.80. The molecule has 2 aromatic rings. The lowest BCUT2D eigenvalue weighted by atomic mass is 10.2. The van der Waals surface area contributed by atoms with Gasteiger partial charge in [0.15, 0.2) is 11.6 Å². The lowest BCUT2D eigenvalue weighted by Crippen LogP contribution is -2.12. The molecule has 0 amide bonds. The van der Waals surface area contributed by atoms with E-state index >= 15 is 0 Å². The van der Waals surface area contributed by atoms with Crippen LogP contribution in [-0.4, -0.2) is 26.9 Å². The lowest BCUT2D eigenvalue weighted by molar-refractivity contribution is 0.383. The van der Waals surface area contributed by atoms with E-state index in [4.69, 9.17) is 22.7 Å². The summed E-state index contributed by atoms with van der Waals surface area (Å²) < 4.78 is 20.3. The van der Waals surface area contributed by atoms with Crippen LogP contribution in [-0.2, 0) is 6.54 Å². The minimum absolute atomic E-state index is 0.111. The van der Waals surface area contributed by atoms with Crippen molar-refractivity contribution in [3.05, 3.63) is 41.7 Å². The molecule has 7 heteroatoms. The van der Waals surface area contributed by atoms with Crippen molar-refractivity contribution in [1.29, 1.82) is 0 Å². The number of benzene rings is 1. The van der Waals surface area contributed by atoms with Crippen LogP contribution >= 0.6 is 12.2 Å². The Labute approximate surface area is 108 Å². The van der Waals surface area contributed by atoms with Gasteiger partial charge in [-0.2, -0.15) is 0 Å². The fourth-order valence-electron chi connectivity index (χ4n) is 1.49. The largest absolute Gasteiger partial charge is 0.494 e. The Kier molecular flexibility index (Phi) is 3.52. The van der Waals surface area contributed by atoms with Gasteiger partial charge in [-0.05, 0) is 6.07 Å². The predicted molar refractivity (Wildman–Crippen MR) is 68.0 cm³/mol. The first kappa shape index (κ1) is 12.4. The Morgan fingerprint density at radius 3 is 2.94 bits per heavy atom. The van der Waals surface area contributed by atoms with E-state index in [0.717, 1.165) is 0 Å². The molecule has 2 N–H and O–H groups in total. The number of nitrogens with zero attached hydrogens (tertiary/aromatic N) is 3. The summed E-state index contributed by atoms with van der Waals surface area (Å²) >= 11 is 4.75. The van der Waals surface area contributed by atoms with Gasteiger partial charge >= 0.3 is 0 Å². The van der Waals surface area contributed by atoms with Crippen molar-refractivity contribution in [3.8, 4) is 5.75 Å². The first-order chi connectivity index (χ1) is 8.61. The van der Waals surface area contributed by atoms with Crippen LogP contribution in [0.4, 0.5) is 4.39 Å².